The Bertz CT molecular complexity index is 1390. The number of rotatable bonds is 7. The Morgan fingerprint density at radius 1 is 1.08 bits per heavy atom. The minimum absolute atomic E-state index is 0.0240. The summed E-state index contributed by atoms with van der Waals surface area (Å²) >= 11 is 6.25. The molecule has 0 spiro atoms. The quantitative estimate of drug-likeness (QED) is 0.450. The van der Waals surface area contributed by atoms with E-state index in [1.165, 1.54) is 24.3 Å². The van der Waals surface area contributed by atoms with Crippen molar-refractivity contribution >= 4 is 52.9 Å². The summed E-state index contributed by atoms with van der Waals surface area (Å²) in [5, 5.41) is 7.77. The third-order valence-electron chi connectivity index (χ3n) is 6.64. The number of carbonyl (C=O) groups is 6. The number of nitrogens with zero attached hydrogens (tertiary/aromatic N) is 2. The first kappa shape index (κ1) is 27.8. The highest BCUT2D eigenvalue weighted by molar-refractivity contribution is 6.34. The van der Waals surface area contributed by atoms with Crippen LogP contribution in [0.4, 0.5) is 10.5 Å². The number of fused-ring (bicyclic) bond motifs is 1. The molecule has 2 aromatic carbocycles. The molecular formula is C27H28ClN5O6. The number of hydrogen-bond donors (Lipinski definition) is 3. The van der Waals surface area contributed by atoms with E-state index in [1.54, 1.807) is 17.0 Å². The molecule has 2 aromatic rings. The van der Waals surface area contributed by atoms with Crippen molar-refractivity contribution in [1.29, 1.82) is 0 Å². The predicted octanol–water partition coefficient (Wildman–Crippen LogP) is 2.93. The molecule has 0 aromatic heterocycles. The number of imide groups is 2. The topological polar surface area (TPSA) is 145 Å². The summed E-state index contributed by atoms with van der Waals surface area (Å²) < 4.78 is 0. The second kappa shape index (κ2) is 11.2. The minimum atomic E-state index is -1.05. The van der Waals surface area contributed by atoms with Gasteiger partial charge < -0.3 is 15.5 Å². The molecule has 12 heteroatoms. The molecule has 39 heavy (non-hydrogen) atoms. The van der Waals surface area contributed by atoms with E-state index in [4.69, 9.17) is 11.6 Å². The van der Waals surface area contributed by atoms with Gasteiger partial charge >= 0.3 is 6.03 Å². The van der Waals surface area contributed by atoms with Crippen LogP contribution in [0.3, 0.4) is 0 Å². The standard InChI is InChI=1S/C27H28ClN5O6/c1-4-32(14(2)3)24(36)19-12-16(6-8-20(19)28)30-27(39)29-13-15-5-7-17-18(11-15)26(38)33(25(17)37)21-9-10-22(34)31-23(21)35/h5-8,11-12,14,21H,4,9-10,13H2,1-3H3,(H2,29,30,39)(H,31,34,35). The average Bonchev–Trinajstić information content (AvgIpc) is 3.13. The third kappa shape index (κ3) is 5.63. The molecule has 1 unspecified atom stereocenters. The molecule has 204 valence electrons. The summed E-state index contributed by atoms with van der Waals surface area (Å²) in [6, 6.07) is 7.56. The maximum absolute atomic E-state index is 13.0. The second-order valence-corrected chi connectivity index (χ2v) is 9.92. The molecule has 2 aliphatic rings. The highest BCUT2D eigenvalue weighted by Gasteiger charge is 2.44. The smallest absolute Gasteiger partial charge is 0.319 e. The van der Waals surface area contributed by atoms with Crippen molar-refractivity contribution in [2.24, 2.45) is 0 Å². The van der Waals surface area contributed by atoms with Crippen LogP contribution in [0.25, 0.3) is 0 Å². The monoisotopic (exact) mass is 553 g/mol. The normalized spacial score (nSPS) is 16.7. The summed E-state index contributed by atoms with van der Waals surface area (Å²) in [5.41, 5.74) is 1.47. The van der Waals surface area contributed by atoms with E-state index in [1.807, 2.05) is 20.8 Å². The van der Waals surface area contributed by atoms with Gasteiger partial charge in [0.25, 0.3) is 17.7 Å². The highest BCUT2D eigenvalue weighted by Crippen LogP contribution is 2.28. The van der Waals surface area contributed by atoms with E-state index < -0.39 is 35.7 Å². The van der Waals surface area contributed by atoms with Gasteiger partial charge in [0.1, 0.15) is 6.04 Å². The van der Waals surface area contributed by atoms with Crippen LogP contribution in [0.2, 0.25) is 5.02 Å². The second-order valence-electron chi connectivity index (χ2n) is 9.51. The molecule has 1 fully saturated rings. The first-order valence-electron chi connectivity index (χ1n) is 12.5. The average molecular weight is 554 g/mol. The van der Waals surface area contributed by atoms with Gasteiger partial charge in [0.15, 0.2) is 0 Å². The first-order valence-corrected chi connectivity index (χ1v) is 12.9. The maximum atomic E-state index is 13.0. The Labute approximate surface area is 229 Å². The van der Waals surface area contributed by atoms with Crippen molar-refractivity contribution in [3.63, 3.8) is 0 Å². The Morgan fingerprint density at radius 3 is 2.46 bits per heavy atom. The van der Waals surface area contributed by atoms with Gasteiger partial charge in [-0.1, -0.05) is 17.7 Å². The van der Waals surface area contributed by atoms with Crippen LogP contribution in [0.15, 0.2) is 36.4 Å². The van der Waals surface area contributed by atoms with Crippen molar-refractivity contribution in [3.05, 3.63) is 63.7 Å². The van der Waals surface area contributed by atoms with E-state index in [2.05, 4.69) is 16.0 Å². The lowest BCUT2D eigenvalue weighted by molar-refractivity contribution is -0.136. The van der Waals surface area contributed by atoms with Gasteiger partial charge in [0, 0.05) is 31.2 Å². The van der Waals surface area contributed by atoms with Crippen LogP contribution in [-0.4, -0.2) is 64.0 Å². The van der Waals surface area contributed by atoms with E-state index in [-0.39, 0.29) is 53.0 Å². The van der Waals surface area contributed by atoms with Crippen molar-refractivity contribution in [2.75, 3.05) is 11.9 Å². The van der Waals surface area contributed by atoms with Crippen LogP contribution >= 0.6 is 11.6 Å². The van der Waals surface area contributed by atoms with Gasteiger partial charge in [-0.2, -0.15) is 0 Å². The lowest BCUT2D eigenvalue weighted by Crippen LogP contribution is -2.54. The Morgan fingerprint density at radius 2 is 1.79 bits per heavy atom. The van der Waals surface area contributed by atoms with Gasteiger partial charge in [-0.3, -0.25) is 34.2 Å². The molecule has 2 aliphatic heterocycles. The summed E-state index contributed by atoms with van der Waals surface area (Å²) in [7, 11) is 0. The van der Waals surface area contributed by atoms with Gasteiger partial charge in [-0.25, -0.2) is 4.79 Å². The number of hydrogen-bond acceptors (Lipinski definition) is 6. The molecule has 11 nitrogen and oxygen atoms in total. The van der Waals surface area contributed by atoms with Crippen LogP contribution < -0.4 is 16.0 Å². The van der Waals surface area contributed by atoms with Crippen LogP contribution in [0.5, 0.6) is 0 Å². The van der Waals surface area contributed by atoms with E-state index in [9.17, 15) is 28.8 Å². The Balaban J connectivity index is 1.41. The minimum Gasteiger partial charge on any atom is -0.336 e. The van der Waals surface area contributed by atoms with Crippen LogP contribution in [-0.2, 0) is 16.1 Å². The fraction of sp³-hybridized carbons (Fsp3) is 0.333. The molecular weight excluding hydrogens is 526 g/mol. The zero-order chi connectivity index (χ0) is 28.4. The molecule has 0 saturated carbocycles. The van der Waals surface area contributed by atoms with Crippen molar-refractivity contribution in [1.82, 2.24) is 20.4 Å². The molecule has 0 bridgehead atoms. The molecule has 0 aliphatic carbocycles. The van der Waals surface area contributed by atoms with Gasteiger partial charge in [0.2, 0.25) is 11.8 Å². The zero-order valence-electron chi connectivity index (χ0n) is 21.7. The molecule has 1 saturated heterocycles. The predicted molar refractivity (Wildman–Crippen MR) is 142 cm³/mol. The molecule has 7 amide bonds. The number of amides is 7. The first-order chi connectivity index (χ1) is 18.5. The van der Waals surface area contributed by atoms with Gasteiger partial charge in [-0.05, 0) is 63.1 Å². The lowest BCUT2D eigenvalue weighted by atomic mass is 10.0. The number of urea groups is 1. The molecule has 4 rings (SSSR count). The molecule has 2 heterocycles. The summed E-state index contributed by atoms with van der Waals surface area (Å²) in [6.45, 7) is 6.22. The van der Waals surface area contributed by atoms with Crippen molar-refractivity contribution < 1.29 is 28.8 Å². The molecule has 1 atom stereocenters. The van der Waals surface area contributed by atoms with E-state index >= 15 is 0 Å². The fourth-order valence-electron chi connectivity index (χ4n) is 4.65. The highest BCUT2D eigenvalue weighted by atomic mass is 35.5. The SMILES string of the molecule is CCN(C(=O)c1cc(NC(=O)NCc2ccc3c(c2)C(=O)N(C2CCC(=O)NC2=O)C3=O)ccc1Cl)C(C)C. The van der Waals surface area contributed by atoms with E-state index in [0.29, 0.717) is 17.8 Å². The number of carbonyl (C=O) groups excluding carboxylic acids is 6. The number of nitrogens with one attached hydrogen (secondary N) is 3. The summed E-state index contributed by atoms with van der Waals surface area (Å²) in [5.74, 6) is -2.60. The summed E-state index contributed by atoms with van der Waals surface area (Å²) in [4.78, 5) is 77.5. The Hall–Kier alpha value is -4.25. The Kier molecular flexibility index (Phi) is 8.01. The number of piperidine rings is 1. The van der Waals surface area contributed by atoms with Gasteiger partial charge in [0.05, 0.1) is 21.7 Å². The fourth-order valence-corrected chi connectivity index (χ4v) is 4.85. The molecule has 3 N–H and O–H groups in total. The molecule has 0 radical (unpaired) electrons. The number of anilines is 1. The number of benzene rings is 2. The van der Waals surface area contributed by atoms with Crippen LogP contribution in [0, 0.1) is 0 Å². The van der Waals surface area contributed by atoms with E-state index in [0.717, 1.165) is 4.90 Å². The summed E-state index contributed by atoms with van der Waals surface area (Å²) in [6.07, 6.45) is 0.0998. The number of halogens is 1. The largest absolute Gasteiger partial charge is 0.336 e. The maximum Gasteiger partial charge on any atom is 0.319 e. The van der Waals surface area contributed by atoms with Gasteiger partial charge in [-0.15, -0.1) is 0 Å². The zero-order valence-corrected chi connectivity index (χ0v) is 22.4. The van der Waals surface area contributed by atoms with Crippen molar-refractivity contribution in [2.45, 2.75) is 52.2 Å². The van der Waals surface area contributed by atoms with Crippen molar-refractivity contribution in [3.8, 4) is 0 Å². The lowest BCUT2D eigenvalue weighted by Gasteiger charge is -2.27. The van der Waals surface area contributed by atoms with Crippen LogP contribution in [0.1, 0.15) is 70.3 Å². The third-order valence-corrected chi connectivity index (χ3v) is 6.97.